The minimum absolute atomic E-state index is 0.0912. The molecule has 1 saturated heterocycles. The van der Waals surface area contributed by atoms with Crippen molar-refractivity contribution < 1.29 is 19.1 Å². The average Bonchev–Trinajstić information content (AvgIpc) is 2.93. The number of methoxy groups -OCH3 is 2. The van der Waals surface area contributed by atoms with Crippen LogP contribution >= 0.6 is 0 Å². The molecule has 5 heteroatoms. The molecule has 0 bridgehead atoms. The maximum atomic E-state index is 12.2. The monoisotopic (exact) mass is 289 g/mol. The molecular formula is C16H19NO4. The van der Waals surface area contributed by atoms with Gasteiger partial charge in [-0.15, -0.1) is 0 Å². The summed E-state index contributed by atoms with van der Waals surface area (Å²) in [6.45, 7) is 0. The number of hydrogen-bond acceptors (Lipinski definition) is 4. The highest BCUT2D eigenvalue weighted by molar-refractivity contribution is 5.82. The molecule has 1 fully saturated rings. The Morgan fingerprint density at radius 3 is 2.67 bits per heavy atom. The number of amides is 1. The zero-order chi connectivity index (χ0) is 15.0. The van der Waals surface area contributed by atoms with Crippen molar-refractivity contribution >= 4 is 12.1 Å². The number of rotatable bonds is 1. The van der Waals surface area contributed by atoms with Crippen molar-refractivity contribution in [3.8, 4) is 0 Å². The Morgan fingerprint density at radius 1 is 1.19 bits per heavy atom. The lowest BCUT2D eigenvalue weighted by atomic mass is 9.80. The van der Waals surface area contributed by atoms with Gasteiger partial charge in [0.25, 0.3) is 0 Å². The number of benzene rings is 1. The molecule has 0 spiro atoms. The third kappa shape index (κ3) is 2.17. The first-order valence-corrected chi connectivity index (χ1v) is 7.19. The fraction of sp³-hybridized carbons (Fsp3) is 0.500. The second kappa shape index (κ2) is 5.39. The molecule has 1 heterocycles. The minimum Gasteiger partial charge on any atom is -0.467 e. The van der Waals surface area contributed by atoms with Gasteiger partial charge in [0.1, 0.15) is 6.04 Å². The molecule has 5 nitrogen and oxygen atoms in total. The lowest BCUT2D eigenvalue weighted by molar-refractivity contribution is -0.145. The van der Waals surface area contributed by atoms with Crippen LogP contribution in [0.5, 0.6) is 0 Å². The largest absolute Gasteiger partial charge is 0.467 e. The Bertz CT molecular complexity index is 571. The van der Waals surface area contributed by atoms with Gasteiger partial charge >= 0.3 is 12.1 Å². The van der Waals surface area contributed by atoms with Crippen LogP contribution in [0.4, 0.5) is 4.79 Å². The molecule has 112 valence electrons. The maximum absolute atomic E-state index is 12.2. The predicted octanol–water partition coefficient (Wildman–Crippen LogP) is 2.30. The number of carbonyl (C=O) groups is 2. The van der Waals surface area contributed by atoms with E-state index in [2.05, 4.69) is 6.07 Å². The van der Waals surface area contributed by atoms with Crippen molar-refractivity contribution in [2.75, 3.05) is 14.2 Å². The van der Waals surface area contributed by atoms with Crippen molar-refractivity contribution in [3.05, 3.63) is 35.4 Å². The van der Waals surface area contributed by atoms with Gasteiger partial charge < -0.3 is 9.47 Å². The van der Waals surface area contributed by atoms with Crippen LogP contribution < -0.4 is 0 Å². The van der Waals surface area contributed by atoms with E-state index in [0.29, 0.717) is 6.42 Å². The van der Waals surface area contributed by atoms with Crippen LogP contribution in [0.1, 0.15) is 30.0 Å². The number of hydrogen-bond donors (Lipinski definition) is 0. The number of ether oxygens (including phenoxy) is 2. The van der Waals surface area contributed by atoms with E-state index in [4.69, 9.17) is 9.47 Å². The molecule has 3 rings (SSSR count). The van der Waals surface area contributed by atoms with Gasteiger partial charge in [0, 0.05) is 0 Å². The number of nitrogens with zero attached hydrogens (tertiary/aromatic N) is 1. The highest BCUT2D eigenvalue weighted by atomic mass is 16.5. The van der Waals surface area contributed by atoms with E-state index in [-0.39, 0.29) is 17.9 Å². The van der Waals surface area contributed by atoms with E-state index >= 15 is 0 Å². The summed E-state index contributed by atoms with van der Waals surface area (Å²) in [5.74, 6) is -0.0876. The molecule has 0 unspecified atom stereocenters. The number of esters is 1. The third-order valence-electron chi connectivity index (χ3n) is 4.62. The van der Waals surface area contributed by atoms with Gasteiger partial charge in [-0.1, -0.05) is 24.3 Å². The molecule has 0 aromatic heterocycles. The van der Waals surface area contributed by atoms with Crippen LogP contribution in [0.2, 0.25) is 0 Å². The van der Waals surface area contributed by atoms with E-state index in [1.165, 1.54) is 19.8 Å². The molecule has 3 atom stereocenters. The van der Waals surface area contributed by atoms with E-state index in [1.54, 1.807) is 4.90 Å². The summed E-state index contributed by atoms with van der Waals surface area (Å²) in [6, 6.07) is 7.47. The number of fused-ring (bicyclic) bond motifs is 3. The Hall–Kier alpha value is -2.04. The number of likely N-dealkylation sites (tertiary alicyclic amines) is 1. The lowest BCUT2D eigenvalue weighted by Gasteiger charge is -2.34. The summed E-state index contributed by atoms with van der Waals surface area (Å²) in [5.41, 5.74) is 2.38. The standard InChI is InChI=1S/C16H19NO4/c1-20-15(18)13-9-11-8-7-10-5-3-4-6-12(10)14(11)17(13)16(19)21-2/h3-6,11,13-14H,7-9H2,1-2H3/t11-,13-,14+/m0/s1. The first-order valence-electron chi connectivity index (χ1n) is 7.19. The summed E-state index contributed by atoms with van der Waals surface area (Å²) in [5, 5.41) is 0. The Morgan fingerprint density at radius 2 is 1.95 bits per heavy atom. The van der Waals surface area contributed by atoms with Crippen molar-refractivity contribution in [1.82, 2.24) is 4.90 Å². The van der Waals surface area contributed by atoms with E-state index in [1.807, 2.05) is 18.2 Å². The number of carbonyl (C=O) groups excluding carboxylic acids is 2. The summed E-state index contributed by atoms with van der Waals surface area (Å²) in [4.78, 5) is 25.8. The molecule has 0 saturated carbocycles. The van der Waals surface area contributed by atoms with Gasteiger partial charge in [0.15, 0.2) is 0 Å². The first kappa shape index (κ1) is 13.9. The van der Waals surface area contributed by atoms with Gasteiger partial charge in [-0.25, -0.2) is 9.59 Å². The topological polar surface area (TPSA) is 55.8 Å². The summed E-state index contributed by atoms with van der Waals surface area (Å²) < 4.78 is 9.77. The Labute approximate surface area is 123 Å². The lowest BCUT2D eigenvalue weighted by Crippen LogP contribution is -2.43. The normalized spacial score (nSPS) is 26.8. The number of aryl methyl sites for hydroxylation is 1. The molecule has 1 amide bonds. The van der Waals surface area contributed by atoms with Crippen LogP contribution in [0.15, 0.2) is 24.3 Å². The molecule has 1 aromatic rings. The van der Waals surface area contributed by atoms with Crippen molar-refractivity contribution in [2.45, 2.75) is 31.3 Å². The Balaban J connectivity index is 2.03. The molecular weight excluding hydrogens is 270 g/mol. The van der Waals surface area contributed by atoms with Gasteiger partial charge in [-0.2, -0.15) is 0 Å². The molecule has 1 aliphatic carbocycles. The second-order valence-electron chi connectivity index (χ2n) is 5.59. The van der Waals surface area contributed by atoms with Gasteiger partial charge in [-0.3, -0.25) is 4.90 Å². The first-order chi connectivity index (χ1) is 10.2. The Kier molecular flexibility index (Phi) is 3.57. The molecule has 2 aliphatic rings. The third-order valence-corrected chi connectivity index (χ3v) is 4.62. The fourth-order valence-electron chi connectivity index (χ4n) is 3.71. The minimum atomic E-state index is -0.552. The fourth-order valence-corrected chi connectivity index (χ4v) is 3.71. The van der Waals surface area contributed by atoms with E-state index in [0.717, 1.165) is 18.4 Å². The van der Waals surface area contributed by atoms with Crippen LogP contribution in [0.3, 0.4) is 0 Å². The van der Waals surface area contributed by atoms with Crippen LogP contribution in [0.25, 0.3) is 0 Å². The van der Waals surface area contributed by atoms with Crippen LogP contribution in [-0.4, -0.2) is 37.2 Å². The predicted molar refractivity (Wildman–Crippen MR) is 75.7 cm³/mol. The summed E-state index contributed by atoms with van der Waals surface area (Å²) >= 11 is 0. The highest BCUT2D eigenvalue weighted by Crippen LogP contribution is 2.47. The van der Waals surface area contributed by atoms with Crippen LogP contribution in [0, 0.1) is 5.92 Å². The molecule has 0 radical (unpaired) electrons. The van der Waals surface area contributed by atoms with Crippen molar-refractivity contribution in [2.24, 2.45) is 5.92 Å². The van der Waals surface area contributed by atoms with Gasteiger partial charge in [0.2, 0.25) is 0 Å². The molecule has 21 heavy (non-hydrogen) atoms. The van der Waals surface area contributed by atoms with Crippen molar-refractivity contribution in [3.63, 3.8) is 0 Å². The van der Waals surface area contributed by atoms with E-state index in [9.17, 15) is 9.59 Å². The zero-order valence-corrected chi connectivity index (χ0v) is 12.2. The molecule has 1 aromatic carbocycles. The quantitative estimate of drug-likeness (QED) is 0.744. The summed E-state index contributed by atoms with van der Waals surface area (Å²) in [6.07, 6.45) is 2.14. The highest BCUT2D eigenvalue weighted by Gasteiger charge is 2.50. The smallest absolute Gasteiger partial charge is 0.410 e. The molecule has 1 aliphatic heterocycles. The molecule has 0 N–H and O–H groups in total. The average molecular weight is 289 g/mol. The van der Waals surface area contributed by atoms with Crippen LogP contribution in [-0.2, 0) is 20.7 Å². The summed E-state index contributed by atoms with van der Waals surface area (Å²) in [7, 11) is 2.70. The maximum Gasteiger partial charge on any atom is 0.410 e. The van der Waals surface area contributed by atoms with Crippen molar-refractivity contribution in [1.29, 1.82) is 0 Å². The SMILES string of the molecule is COC(=O)[C@@H]1C[C@@H]2CCc3ccccc3[C@@H]2N1C(=O)OC. The van der Waals surface area contributed by atoms with Gasteiger partial charge in [-0.05, 0) is 36.3 Å². The zero-order valence-electron chi connectivity index (χ0n) is 12.2. The second-order valence-corrected chi connectivity index (χ2v) is 5.59. The van der Waals surface area contributed by atoms with Gasteiger partial charge in [0.05, 0.1) is 20.3 Å². The van der Waals surface area contributed by atoms with E-state index < -0.39 is 12.1 Å².